The molecule has 0 aromatic heterocycles. The smallest absolute Gasteiger partial charge is 0.325 e. The summed E-state index contributed by atoms with van der Waals surface area (Å²) >= 11 is 0. The van der Waals surface area contributed by atoms with Crippen LogP contribution in [0.4, 0.5) is 0 Å². The maximum absolute atomic E-state index is 12.0. The second-order valence-corrected chi connectivity index (χ2v) is 4.55. The first-order valence-electron chi connectivity index (χ1n) is 6.46. The Morgan fingerprint density at radius 2 is 1.43 bits per heavy atom. The van der Waals surface area contributed by atoms with Crippen LogP contribution in [0.3, 0.4) is 0 Å². The van der Waals surface area contributed by atoms with Crippen LogP contribution in [0.5, 0.6) is 0 Å². The van der Waals surface area contributed by atoms with Crippen molar-refractivity contribution < 1.29 is 29.1 Å². The average molecular weight is 326 g/mol. The van der Waals surface area contributed by atoms with Gasteiger partial charge in [0, 0.05) is 6.92 Å². The van der Waals surface area contributed by atoms with Crippen LogP contribution in [0.2, 0.25) is 0 Å². The molecule has 0 aliphatic heterocycles. The van der Waals surface area contributed by atoms with Crippen LogP contribution in [-0.4, -0.2) is 53.0 Å². The summed E-state index contributed by atoms with van der Waals surface area (Å²) in [6.45, 7) is 3.67. The fourth-order valence-corrected chi connectivity index (χ4v) is 1.31. The Bertz CT molecular complexity index is 553. The lowest BCUT2D eigenvalue weighted by molar-refractivity contribution is -0.141. The zero-order valence-corrected chi connectivity index (χ0v) is 12.8. The maximum Gasteiger partial charge on any atom is 0.325 e. The largest absolute Gasteiger partial charge is 0.480 e. The van der Waals surface area contributed by atoms with Gasteiger partial charge in [-0.05, 0) is 19.8 Å². The summed E-state index contributed by atoms with van der Waals surface area (Å²) in [6.07, 6.45) is 3.39. The summed E-state index contributed by atoms with van der Waals surface area (Å²) in [7, 11) is 0. The van der Waals surface area contributed by atoms with E-state index in [4.69, 9.17) is 11.5 Å². The van der Waals surface area contributed by atoms with Crippen LogP contribution < -0.4 is 21.3 Å². The minimum absolute atomic E-state index is 0.612. The summed E-state index contributed by atoms with van der Waals surface area (Å²) in [4.78, 5) is 56.5. The summed E-state index contributed by atoms with van der Waals surface area (Å²) in [5.41, 5.74) is 0. The van der Waals surface area contributed by atoms with Gasteiger partial charge in [0.1, 0.15) is 12.1 Å². The second kappa shape index (κ2) is 9.04. The van der Waals surface area contributed by atoms with Crippen molar-refractivity contribution in [2.45, 2.75) is 39.0 Å². The molecule has 0 spiro atoms. The number of nitrogens with one attached hydrogen (secondary N) is 4. The van der Waals surface area contributed by atoms with Gasteiger partial charge in [-0.25, -0.2) is 0 Å². The van der Waals surface area contributed by atoms with Gasteiger partial charge in [0.25, 0.3) is 11.8 Å². The lowest BCUT2D eigenvalue weighted by atomic mass is 10.2. The van der Waals surface area contributed by atoms with E-state index in [2.05, 4.69) is 21.3 Å². The number of rotatable bonds is 7. The molecule has 0 aliphatic carbocycles. The number of aliphatic carboxylic acids is 1. The van der Waals surface area contributed by atoms with E-state index in [0.717, 1.165) is 6.92 Å². The van der Waals surface area contributed by atoms with Gasteiger partial charge in [-0.1, -0.05) is 0 Å². The molecule has 0 aromatic carbocycles. The standard InChI is InChI=1S/C13H18N4O6/c1-5-9(19)17-10(16-8(4)18)12(21)14-6(2)11(20)15-7(3)13(22)23/h1,6-7,10H,2-4H3,(H,14,21)(H,15,20)(H,16,18)(H,17,19)(H,22,23)/t6-,7-,10?/m0/s1. The van der Waals surface area contributed by atoms with Crippen molar-refractivity contribution in [3.05, 3.63) is 0 Å². The summed E-state index contributed by atoms with van der Waals surface area (Å²) in [5, 5.41) is 17.3. The molecule has 0 saturated heterocycles. The van der Waals surface area contributed by atoms with Gasteiger partial charge >= 0.3 is 5.97 Å². The van der Waals surface area contributed by atoms with Crippen LogP contribution in [0.25, 0.3) is 0 Å². The van der Waals surface area contributed by atoms with Crippen LogP contribution in [0, 0.1) is 12.3 Å². The number of carbonyl (C=O) groups excluding carboxylic acids is 4. The Hall–Kier alpha value is -3.09. The van der Waals surface area contributed by atoms with E-state index in [9.17, 15) is 24.0 Å². The van der Waals surface area contributed by atoms with Crippen LogP contribution >= 0.6 is 0 Å². The Kier molecular flexibility index (Phi) is 7.82. The zero-order valence-electron chi connectivity index (χ0n) is 12.8. The van der Waals surface area contributed by atoms with Gasteiger partial charge in [-0.15, -0.1) is 6.42 Å². The van der Waals surface area contributed by atoms with Gasteiger partial charge in [-0.3, -0.25) is 24.0 Å². The fourth-order valence-electron chi connectivity index (χ4n) is 1.31. The van der Waals surface area contributed by atoms with Gasteiger partial charge in [0.2, 0.25) is 11.8 Å². The van der Waals surface area contributed by atoms with Crippen LogP contribution in [0.1, 0.15) is 20.8 Å². The lowest BCUT2D eigenvalue weighted by Gasteiger charge is -2.21. The number of hydrogen-bond donors (Lipinski definition) is 5. The van der Waals surface area contributed by atoms with Crippen LogP contribution in [0.15, 0.2) is 0 Å². The zero-order chi connectivity index (χ0) is 18.2. The predicted octanol–water partition coefficient (Wildman–Crippen LogP) is -2.71. The third-order valence-electron chi connectivity index (χ3n) is 2.50. The quantitative estimate of drug-likeness (QED) is 0.253. The van der Waals surface area contributed by atoms with Gasteiger partial charge in [0.05, 0.1) is 0 Å². The van der Waals surface area contributed by atoms with E-state index >= 15 is 0 Å². The van der Waals surface area contributed by atoms with Crippen molar-refractivity contribution in [1.82, 2.24) is 21.3 Å². The highest BCUT2D eigenvalue weighted by Crippen LogP contribution is 1.90. The van der Waals surface area contributed by atoms with Crippen molar-refractivity contribution >= 4 is 29.6 Å². The highest BCUT2D eigenvalue weighted by molar-refractivity contribution is 5.98. The number of amides is 4. The molecular weight excluding hydrogens is 308 g/mol. The van der Waals surface area contributed by atoms with Crippen molar-refractivity contribution in [2.75, 3.05) is 0 Å². The van der Waals surface area contributed by atoms with E-state index in [0.29, 0.717) is 0 Å². The Labute approximate surface area is 132 Å². The third kappa shape index (κ3) is 7.47. The molecular formula is C13H18N4O6. The Morgan fingerprint density at radius 3 is 1.87 bits per heavy atom. The molecule has 0 radical (unpaired) electrons. The monoisotopic (exact) mass is 326 g/mol. The summed E-state index contributed by atoms with van der Waals surface area (Å²) in [6, 6.07) is -2.25. The maximum atomic E-state index is 12.0. The lowest BCUT2D eigenvalue weighted by Crippen LogP contribution is -2.59. The SMILES string of the molecule is C#CC(=O)NC(NC(C)=O)C(=O)N[C@@H](C)C(=O)N[C@@H](C)C(=O)O. The van der Waals surface area contributed by atoms with Crippen molar-refractivity contribution in [2.24, 2.45) is 0 Å². The first-order chi connectivity index (χ1) is 10.6. The molecule has 126 valence electrons. The summed E-state index contributed by atoms with van der Waals surface area (Å²) < 4.78 is 0. The van der Waals surface area contributed by atoms with E-state index in [1.165, 1.54) is 13.8 Å². The molecule has 5 N–H and O–H groups in total. The van der Waals surface area contributed by atoms with Crippen molar-refractivity contribution in [3.63, 3.8) is 0 Å². The van der Waals surface area contributed by atoms with Crippen molar-refractivity contribution in [3.8, 4) is 12.3 Å². The molecule has 0 fully saturated rings. The molecule has 0 heterocycles. The number of hydrogen-bond acceptors (Lipinski definition) is 5. The molecule has 23 heavy (non-hydrogen) atoms. The first kappa shape index (κ1) is 19.9. The molecule has 0 bridgehead atoms. The first-order valence-corrected chi connectivity index (χ1v) is 6.46. The number of carboxylic acid groups (broad SMARTS) is 1. The van der Waals surface area contributed by atoms with E-state index in [1.54, 1.807) is 5.92 Å². The minimum atomic E-state index is -1.47. The Balaban J connectivity index is 4.80. The highest BCUT2D eigenvalue weighted by Gasteiger charge is 2.26. The van der Waals surface area contributed by atoms with E-state index in [1.807, 2.05) is 0 Å². The van der Waals surface area contributed by atoms with Gasteiger partial charge < -0.3 is 26.4 Å². The molecule has 4 amide bonds. The molecule has 10 nitrogen and oxygen atoms in total. The average Bonchev–Trinajstić information content (AvgIpc) is 2.45. The topological polar surface area (TPSA) is 154 Å². The molecule has 1 unspecified atom stereocenters. The minimum Gasteiger partial charge on any atom is -0.480 e. The number of carbonyl (C=O) groups is 5. The molecule has 0 aliphatic rings. The van der Waals surface area contributed by atoms with Crippen molar-refractivity contribution in [1.29, 1.82) is 0 Å². The molecule has 10 heteroatoms. The number of terminal acetylenes is 1. The molecule has 3 atom stereocenters. The predicted molar refractivity (Wildman–Crippen MR) is 77.4 cm³/mol. The van der Waals surface area contributed by atoms with Gasteiger partial charge in [-0.2, -0.15) is 0 Å². The van der Waals surface area contributed by atoms with Gasteiger partial charge in [0.15, 0.2) is 6.17 Å². The van der Waals surface area contributed by atoms with Crippen LogP contribution in [-0.2, 0) is 24.0 Å². The number of carboxylic acids is 1. The highest BCUT2D eigenvalue weighted by atomic mass is 16.4. The third-order valence-corrected chi connectivity index (χ3v) is 2.50. The fraction of sp³-hybridized carbons (Fsp3) is 0.462. The van der Waals surface area contributed by atoms with E-state index < -0.39 is 47.8 Å². The molecule has 0 aromatic rings. The normalized spacial score (nSPS) is 13.5. The molecule has 0 rings (SSSR count). The van der Waals surface area contributed by atoms with E-state index in [-0.39, 0.29) is 0 Å². The molecule has 0 saturated carbocycles. The summed E-state index contributed by atoms with van der Waals surface area (Å²) in [5.74, 6) is -2.72. The second-order valence-electron chi connectivity index (χ2n) is 4.55. The Morgan fingerprint density at radius 1 is 0.913 bits per heavy atom.